The first kappa shape index (κ1) is 13.8. The fourth-order valence-corrected chi connectivity index (χ4v) is 2.00. The molecule has 6 nitrogen and oxygen atoms in total. The number of piperidine rings is 1. The van der Waals surface area contributed by atoms with Gasteiger partial charge in [-0.15, -0.1) is 0 Å². The molecule has 1 heterocycles. The summed E-state index contributed by atoms with van der Waals surface area (Å²) in [6.07, 6.45) is 2.08. The first-order chi connectivity index (χ1) is 7.99. The third kappa shape index (κ3) is 3.59. The van der Waals surface area contributed by atoms with Gasteiger partial charge in [-0.05, 0) is 32.7 Å². The maximum atomic E-state index is 11.8. The lowest BCUT2D eigenvalue weighted by atomic mass is 9.82. The number of rotatable bonds is 4. The number of hydrogen-bond acceptors (Lipinski definition) is 3. The number of carbonyl (C=O) groups excluding carboxylic acids is 1. The Labute approximate surface area is 101 Å². The van der Waals surface area contributed by atoms with E-state index in [-0.39, 0.29) is 12.6 Å². The molecular formula is C11H21N3O3. The fraction of sp³-hybridized carbons (Fsp3) is 0.818. The first-order valence-electron chi connectivity index (χ1n) is 5.96. The average Bonchev–Trinajstić information content (AvgIpc) is 2.29. The van der Waals surface area contributed by atoms with E-state index in [4.69, 9.17) is 10.8 Å². The van der Waals surface area contributed by atoms with E-state index in [2.05, 4.69) is 5.32 Å². The topological polar surface area (TPSA) is 95.7 Å². The molecule has 0 aromatic rings. The Morgan fingerprint density at radius 2 is 2.24 bits per heavy atom. The number of nitrogens with one attached hydrogen (secondary N) is 1. The van der Waals surface area contributed by atoms with E-state index >= 15 is 0 Å². The SMILES string of the molecule is CC1(C(=O)O)CCCN(C(=O)NCCCN)C1. The van der Waals surface area contributed by atoms with Crippen LogP contribution in [0.3, 0.4) is 0 Å². The zero-order valence-corrected chi connectivity index (χ0v) is 10.2. The van der Waals surface area contributed by atoms with Gasteiger partial charge in [0.15, 0.2) is 0 Å². The number of nitrogens with two attached hydrogens (primary N) is 1. The molecule has 6 heteroatoms. The summed E-state index contributed by atoms with van der Waals surface area (Å²) in [5, 5.41) is 11.9. The molecule has 1 aliphatic heterocycles. The summed E-state index contributed by atoms with van der Waals surface area (Å²) in [5.74, 6) is -0.836. The maximum Gasteiger partial charge on any atom is 0.317 e. The number of urea groups is 1. The largest absolute Gasteiger partial charge is 0.481 e. The summed E-state index contributed by atoms with van der Waals surface area (Å²) in [5.41, 5.74) is 4.52. The highest BCUT2D eigenvalue weighted by Gasteiger charge is 2.39. The minimum atomic E-state index is -0.836. The predicted octanol–water partition coefficient (Wildman–Crippen LogP) is 0.232. The second-order valence-corrected chi connectivity index (χ2v) is 4.77. The molecule has 0 aliphatic carbocycles. The zero-order chi connectivity index (χ0) is 12.9. The van der Waals surface area contributed by atoms with E-state index in [0.717, 1.165) is 12.8 Å². The van der Waals surface area contributed by atoms with Crippen molar-refractivity contribution in [3.8, 4) is 0 Å². The molecule has 1 fully saturated rings. The number of nitrogens with zero attached hydrogens (tertiary/aromatic N) is 1. The van der Waals surface area contributed by atoms with Gasteiger partial charge in [0.25, 0.3) is 0 Å². The molecular weight excluding hydrogens is 222 g/mol. The van der Waals surface area contributed by atoms with Crippen LogP contribution in [-0.4, -0.2) is 48.2 Å². The van der Waals surface area contributed by atoms with Crippen molar-refractivity contribution >= 4 is 12.0 Å². The highest BCUT2D eigenvalue weighted by atomic mass is 16.4. The Morgan fingerprint density at radius 3 is 2.82 bits per heavy atom. The molecule has 1 atom stereocenters. The van der Waals surface area contributed by atoms with Crippen LogP contribution in [0.15, 0.2) is 0 Å². The normalized spacial score (nSPS) is 24.5. The van der Waals surface area contributed by atoms with Crippen LogP contribution < -0.4 is 11.1 Å². The molecule has 0 aromatic heterocycles. The van der Waals surface area contributed by atoms with Crippen LogP contribution in [0.4, 0.5) is 4.79 Å². The van der Waals surface area contributed by atoms with Crippen LogP contribution in [-0.2, 0) is 4.79 Å². The Morgan fingerprint density at radius 1 is 1.53 bits per heavy atom. The lowest BCUT2D eigenvalue weighted by Crippen LogP contribution is -2.51. The summed E-state index contributed by atoms with van der Waals surface area (Å²) in [7, 11) is 0. The minimum absolute atomic E-state index is 0.189. The number of carboxylic acids is 1. The minimum Gasteiger partial charge on any atom is -0.481 e. The predicted molar refractivity (Wildman–Crippen MR) is 63.6 cm³/mol. The van der Waals surface area contributed by atoms with Crippen LogP contribution in [0.1, 0.15) is 26.2 Å². The molecule has 4 N–H and O–H groups in total. The van der Waals surface area contributed by atoms with Crippen molar-refractivity contribution in [3.63, 3.8) is 0 Å². The summed E-state index contributed by atoms with van der Waals surface area (Å²) in [6.45, 7) is 3.66. The Balaban J connectivity index is 2.49. The first-order valence-corrected chi connectivity index (χ1v) is 5.96. The van der Waals surface area contributed by atoms with Crippen molar-refractivity contribution in [1.29, 1.82) is 0 Å². The smallest absolute Gasteiger partial charge is 0.317 e. The number of hydrogen-bond donors (Lipinski definition) is 3. The highest BCUT2D eigenvalue weighted by Crippen LogP contribution is 2.29. The van der Waals surface area contributed by atoms with Crippen LogP contribution in [0, 0.1) is 5.41 Å². The lowest BCUT2D eigenvalue weighted by Gasteiger charge is -2.37. The van der Waals surface area contributed by atoms with Crippen molar-refractivity contribution in [3.05, 3.63) is 0 Å². The molecule has 0 saturated carbocycles. The van der Waals surface area contributed by atoms with Gasteiger partial charge in [0.05, 0.1) is 5.41 Å². The van der Waals surface area contributed by atoms with Crippen molar-refractivity contribution < 1.29 is 14.7 Å². The van der Waals surface area contributed by atoms with Gasteiger partial charge >= 0.3 is 12.0 Å². The van der Waals surface area contributed by atoms with E-state index in [1.165, 1.54) is 0 Å². The molecule has 0 bridgehead atoms. The van der Waals surface area contributed by atoms with Gasteiger partial charge in [-0.25, -0.2) is 4.79 Å². The number of aliphatic carboxylic acids is 1. The van der Waals surface area contributed by atoms with Gasteiger partial charge in [0.1, 0.15) is 0 Å². The Kier molecular flexibility index (Phi) is 4.74. The molecule has 1 saturated heterocycles. The van der Waals surface area contributed by atoms with Crippen molar-refractivity contribution in [2.24, 2.45) is 11.1 Å². The molecule has 0 aromatic carbocycles. The lowest BCUT2D eigenvalue weighted by molar-refractivity contribution is -0.150. The van der Waals surface area contributed by atoms with Crippen molar-refractivity contribution in [2.75, 3.05) is 26.2 Å². The van der Waals surface area contributed by atoms with Gasteiger partial charge in [-0.2, -0.15) is 0 Å². The number of carboxylic acid groups (broad SMARTS) is 1. The molecule has 1 unspecified atom stereocenters. The van der Waals surface area contributed by atoms with Crippen LogP contribution in [0.25, 0.3) is 0 Å². The number of carbonyl (C=O) groups is 2. The zero-order valence-electron chi connectivity index (χ0n) is 10.2. The molecule has 0 spiro atoms. The Bertz CT molecular complexity index is 296. The van der Waals surface area contributed by atoms with E-state index < -0.39 is 11.4 Å². The quantitative estimate of drug-likeness (QED) is 0.616. The summed E-state index contributed by atoms with van der Waals surface area (Å²) >= 11 is 0. The van der Waals surface area contributed by atoms with Gasteiger partial charge in [-0.3, -0.25) is 4.79 Å². The summed E-state index contributed by atoms with van der Waals surface area (Å²) in [6, 6.07) is -0.189. The van der Waals surface area contributed by atoms with Crippen molar-refractivity contribution in [2.45, 2.75) is 26.2 Å². The van der Waals surface area contributed by atoms with Gasteiger partial charge in [0.2, 0.25) is 0 Å². The standard InChI is InChI=1S/C11H21N3O3/c1-11(9(15)16)4-2-7-14(8-11)10(17)13-6-3-5-12/h2-8,12H2,1H3,(H,13,17)(H,15,16). The number of amides is 2. The van der Waals surface area contributed by atoms with Gasteiger partial charge < -0.3 is 21.1 Å². The molecule has 2 amide bonds. The second-order valence-electron chi connectivity index (χ2n) is 4.77. The molecule has 1 aliphatic rings. The third-order valence-electron chi connectivity index (χ3n) is 3.16. The molecule has 98 valence electrons. The number of likely N-dealkylation sites (tertiary alicyclic amines) is 1. The van der Waals surface area contributed by atoms with Gasteiger partial charge in [0, 0.05) is 19.6 Å². The van der Waals surface area contributed by atoms with Gasteiger partial charge in [-0.1, -0.05) is 0 Å². The summed E-state index contributed by atoms with van der Waals surface area (Å²) < 4.78 is 0. The molecule has 1 rings (SSSR count). The van der Waals surface area contributed by atoms with E-state index in [9.17, 15) is 9.59 Å². The second kappa shape index (κ2) is 5.86. The Hall–Kier alpha value is -1.30. The van der Waals surface area contributed by atoms with Crippen LogP contribution >= 0.6 is 0 Å². The average molecular weight is 243 g/mol. The van der Waals surface area contributed by atoms with E-state index in [0.29, 0.717) is 26.1 Å². The third-order valence-corrected chi connectivity index (χ3v) is 3.16. The maximum absolute atomic E-state index is 11.8. The summed E-state index contributed by atoms with van der Waals surface area (Å²) in [4.78, 5) is 24.5. The fourth-order valence-electron chi connectivity index (χ4n) is 2.00. The van der Waals surface area contributed by atoms with E-state index in [1.54, 1.807) is 11.8 Å². The highest BCUT2D eigenvalue weighted by molar-refractivity contribution is 5.78. The van der Waals surface area contributed by atoms with Crippen LogP contribution in [0.2, 0.25) is 0 Å². The van der Waals surface area contributed by atoms with Crippen LogP contribution in [0.5, 0.6) is 0 Å². The van der Waals surface area contributed by atoms with Crippen molar-refractivity contribution in [1.82, 2.24) is 10.2 Å². The monoisotopic (exact) mass is 243 g/mol. The molecule has 0 radical (unpaired) electrons. The van der Waals surface area contributed by atoms with E-state index in [1.807, 2.05) is 0 Å². The molecule has 17 heavy (non-hydrogen) atoms.